The van der Waals surface area contributed by atoms with Crippen LogP contribution in [0.3, 0.4) is 0 Å². The number of aromatic nitrogens is 4. The Morgan fingerprint density at radius 2 is 1.87 bits per heavy atom. The first-order valence-electron chi connectivity index (χ1n) is 14.8. The summed E-state index contributed by atoms with van der Waals surface area (Å²) in [6.07, 6.45) is 13.4. The molecule has 39 heavy (non-hydrogen) atoms. The minimum Gasteiger partial charge on any atom is -0.343 e. The summed E-state index contributed by atoms with van der Waals surface area (Å²) < 4.78 is 2.14. The smallest absolute Gasteiger partial charge is 0.270 e. The van der Waals surface area contributed by atoms with Gasteiger partial charge in [-0.3, -0.25) is 4.79 Å². The van der Waals surface area contributed by atoms with E-state index in [2.05, 4.69) is 31.2 Å². The largest absolute Gasteiger partial charge is 0.343 e. The molecule has 0 aromatic carbocycles. The lowest BCUT2D eigenvalue weighted by Crippen LogP contribution is -2.41. The van der Waals surface area contributed by atoms with E-state index in [1.807, 2.05) is 24.5 Å². The quantitative estimate of drug-likeness (QED) is 0.463. The van der Waals surface area contributed by atoms with E-state index in [1.54, 1.807) is 19.0 Å². The number of amides is 1. The van der Waals surface area contributed by atoms with Gasteiger partial charge >= 0.3 is 0 Å². The number of carbonyl (C=O) groups excluding carboxylic acids is 1. The van der Waals surface area contributed by atoms with E-state index in [1.165, 1.54) is 76.8 Å². The minimum absolute atomic E-state index is 0.00323. The van der Waals surface area contributed by atoms with E-state index in [4.69, 9.17) is 9.97 Å². The Balaban J connectivity index is 1.12. The zero-order valence-electron chi connectivity index (χ0n) is 23.4. The first-order chi connectivity index (χ1) is 19.0. The molecule has 3 fully saturated rings. The van der Waals surface area contributed by atoms with Gasteiger partial charge in [0.15, 0.2) is 0 Å². The van der Waals surface area contributed by atoms with Crippen molar-refractivity contribution in [1.82, 2.24) is 34.6 Å². The Hall–Kier alpha value is -3.04. The van der Waals surface area contributed by atoms with Crippen molar-refractivity contribution in [3.05, 3.63) is 41.9 Å². The number of piperidine rings is 2. The summed E-state index contributed by atoms with van der Waals surface area (Å²) >= 11 is 0. The van der Waals surface area contributed by atoms with Crippen molar-refractivity contribution >= 4 is 28.7 Å². The van der Waals surface area contributed by atoms with Crippen LogP contribution in [0.15, 0.2) is 30.6 Å². The van der Waals surface area contributed by atoms with Gasteiger partial charge in [0.2, 0.25) is 5.95 Å². The third-order valence-corrected chi connectivity index (χ3v) is 8.89. The molecular formula is C30H42N8O. The van der Waals surface area contributed by atoms with Crippen molar-refractivity contribution in [2.45, 2.75) is 63.3 Å². The van der Waals surface area contributed by atoms with Crippen LogP contribution >= 0.6 is 0 Å². The molecule has 0 radical (unpaired) electrons. The molecule has 1 amide bonds. The Bertz CT molecular complexity index is 1270. The van der Waals surface area contributed by atoms with Crippen molar-refractivity contribution in [1.29, 1.82) is 0 Å². The number of pyridine rings is 1. The highest BCUT2D eigenvalue weighted by molar-refractivity contribution is 5.97. The maximum Gasteiger partial charge on any atom is 0.270 e. The molecule has 0 bridgehead atoms. The molecule has 3 aliphatic rings. The molecule has 2 saturated heterocycles. The Morgan fingerprint density at radius 3 is 2.56 bits per heavy atom. The lowest BCUT2D eigenvalue weighted by Gasteiger charge is -2.35. The average Bonchev–Trinajstić information content (AvgIpc) is 3.62. The van der Waals surface area contributed by atoms with Gasteiger partial charge in [0, 0.05) is 44.5 Å². The van der Waals surface area contributed by atoms with Crippen molar-refractivity contribution in [3.8, 4) is 0 Å². The molecule has 208 valence electrons. The summed E-state index contributed by atoms with van der Waals surface area (Å²) in [6.45, 7) is 5.95. The summed E-state index contributed by atoms with van der Waals surface area (Å²) in [4.78, 5) is 31.4. The highest BCUT2D eigenvalue weighted by atomic mass is 16.2. The maximum atomic E-state index is 13.0. The number of nitrogens with zero attached hydrogens (tertiary/aromatic N) is 6. The van der Waals surface area contributed by atoms with Crippen LogP contribution in [0.2, 0.25) is 0 Å². The summed E-state index contributed by atoms with van der Waals surface area (Å²) in [5, 5.41) is 7.75. The molecule has 0 unspecified atom stereocenters. The first kappa shape index (κ1) is 26.2. The van der Waals surface area contributed by atoms with Crippen LogP contribution in [0.1, 0.15) is 79.4 Å². The predicted octanol–water partition coefficient (Wildman–Crippen LogP) is 4.57. The van der Waals surface area contributed by atoms with Crippen molar-refractivity contribution < 1.29 is 4.79 Å². The molecule has 2 N–H and O–H groups in total. The molecule has 3 aromatic rings. The molecule has 3 aromatic heterocycles. The van der Waals surface area contributed by atoms with Crippen molar-refractivity contribution in [2.24, 2.45) is 5.92 Å². The minimum atomic E-state index is 0.00323. The average molecular weight is 531 g/mol. The van der Waals surface area contributed by atoms with Crippen LogP contribution in [-0.4, -0.2) is 82.0 Å². The second-order valence-electron chi connectivity index (χ2n) is 11.9. The first-order valence-corrected chi connectivity index (χ1v) is 14.8. The molecule has 1 saturated carbocycles. The van der Waals surface area contributed by atoms with Gasteiger partial charge in [-0.25, -0.2) is 9.97 Å². The molecule has 9 nitrogen and oxygen atoms in total. The van der Waals surface area contributed by atoms with Gasteiger partial charge in [0.25, 0.3) is 5.91 Å². The highest BCUT2D eigenvalue weighted by Crippen LogP contribution is 2.35. The zero-order chi connectivity index (χ0) is 26.8. The molecule has 2 aliphatic heterocycles. The molecular weight excluding hydrogens is 488 g/mol. The van der Waals surface area contributed by atoms with Crippen LogP contribution in [0.5, 0.6) is 0 Å². The van der Waals surface area contributed by atoms with Crippen LogP contribution in [0.25, 0.3) is 11.0 Å². The third kappa shape index (κ3) is 5.79. The number of fused-ring (bicyclic) bond motifs is 1. The van der Waals surface area contributed by atoms with Crippen molar-refractivity contribution in [2.75, 3.05) is 52.1 Å². The SMILES string of the molecule is CN(C)C(=O)c1cc2cnc(Nc3ccc(C4CCN(C[C@H]5CCCNC5)CC4)cn3)nc2n1C1CCCC1. The molecule has 9 heteroatoms. The Morgan fingerprint density at radius 1 is 1.05 bits per heavy atom. The summed E-state index contributed by atoms with van der Waals surface area (Å²) in [7, 11) is 3.59. The number of rotatable bonds is 7. The Labute approximate surface area is 231 Å². The summed E-state index contributed by atoms with van der Waals surface area (Å²) in [5.41, 5.74) is 2.83. The number of likely N-dealkylation sites (tertiary alicyclic amines) is 1. The normalized spacial score (nSPS) is 21.4. The van der Waals surface area contributed by atoms with Gasteiger partial charge in [-0.1, -0.05) is 18.9 Å². The van der Waals surface area contributed by atoms with E-state index in [0.717, 1.165) is 35.6 Å². The van der Waals surface area contributed by atoms with Gasteiger partial charge in [0.1, 0.15) is 17.2 Å². The standard InChI is InChI=1S/C30H42N8O/c1-36(2)29(39)26-16-24-19-33-30(35-28(24)38(26)25-7-3-4-8-25)34-27-10-9-23(18-32-27)22-11-14-37(15-12-22)20-21-6-5-13-31-17-21/h9-10,16,18-19,21-22,25,31H,3-8,11-15,17,20H2,1-2H3,(H,32,33,34,35)/t21-/m0/s1. The van der Waals surface area contributed by atoms with Gasteiger partial charge < -0.3 is 25.0 Å². The van der Waals surface area contributed by atoms with Gasteiger partial charge in [0.05, 0.1) is 0 Å². The van der Waals surface area contributed by atoms with E-state index in [9.17, 15) is 4.79 Å². The molecule has 1 aliphatic carbocycles. The number of hydrogen-bond acceptors (Lipinski definition) is 7. The van der Waals surface area contributed by atoms with E-state index in [0.29, 0.717) is 23.6 Å². The van der Waals surface area contributed by atoms with Crippen molar-refractivity contribution in [3.63, 3.8) is 0 Å². The third-order valence-electron chi connectivity index (χ3n) is 8.89. The lowest BCUT2D eigenvalue weighted by atomic mass is 9.89. The fourth-order valence-electron chi connectivity index (χ4n) is 6.72. The zero-order valence-corrected chi connectivity index (χ0v) is 23.4. The topological polar surface area (TPSA) is 91.2 Å². The lowest BCUT2D eigenvalue weighted by molar-refractivity contribution is 0.0815. The number of carbonyl (C=O) groups is 1. The second-order valence-corrected chi connectivity index (χ2v) is 11.9. The van der Waals surface area contributed by atoms with Crippen LogP contribution in [0, 0.1) is 5.92 Å². The Kier molecular flexibility index (Phi) is 7.79. The molecule has 1 atom stereocenters. The van der Waals surface area contributed by atoms with Crippen LogP contribution in [-0.2, 0) is 0 Å². The molecule has 6 rings (SSSR count). The summed E-state index contributed by atoms with van der Waals surface area (Å²) in [6, 6.07) is 6.48. The maximum absolute atomic E-state index is 13.0. The van der Waals surface area contributed by atoms with Gasteiger partial charge in [-0.2, -0.15) is 4.98 Å². The van der Waals surface area contributed by atoms with E-state index < -0.39 is 0 Å². The summed E-state index contributed by atoms with van der Waals surface area (Å²) in [5.74, 6) is 2.63. The van der Waals surface area contributed by atoms with E-state index in [-0.39, 0.29) is 5.91 Å². The predicted molar refractivity (Wildman–Crippen MR) is 155 cm³/mol. The second kappa shape index (κ2) is 11.6. The van der Waals surface area contributed by atoms with Gasteiger partial charge in [-0.15, -0.1) is 0 Å². The molecule has 5 heterocycles. The highest BCUT2D eigenvalue weighted by Gasteiger charge is 2.27. The fraction of sp³-hybridized carbons (Fsp3) is 0.600. The fourth-order valence-corrected chi connectivity index (χ4v) is 6.72. The van der Waals surface area contributed by atoms with Gasteiger partial charge in [-0.05, 0) is 94.2 Å². The monoisotopic (exact) mass is 530 g/mol. The van der Waals surface area contributed by atoms with Crippen LogP contribution in [0.4, 0.5) is 11.8 Å². The number of anilines is 2. The van der Waals surface area contributed by atoms with E-state index >= 15 is 0 Å². The number of nitrogens with one attached hydrogen (secondary N) is 2. The number of hydrogen-bond donors (Lipinski definition) is 2. The molecule has 0 spiro atoms. The van der Waals surface area contributed by atoms with Crippen LogP contribution < -0.4 is 10.6 Å².